The standard InChI is InChI=1S/C20H24ClN3O6S2/c1-5-24(6-2)32(28,29)20-18(27)15(19(21)31-20)23-14-13(16(25)17(14)26)22-8-12-7-11(9-30-12)10(3)4/h7,9-10,22-23,27H,5-6,8H2,1-4H3. The quantitative estimate of drug-likeness (QED) is 0.358. The first-order valence-electron chi connectivity index (χ1n) is 9.95. The van der Waals surface area contributed by atoms with Crippen molar-refractivity contribution < 1.29 is 17.9 Å². The van der Waals surface area contributed by atoms with Crippen molar-refractivity contribution in [3.8, 4) is 5.75 Å². The van der Waals surface area contributed by atoms with Crippen LogP contribution in [0.4, 0.5) is 17.1 Å². The summed E-state index contributed by atoms with van der Waals surface area (Å²) in [5, 5.41) is 16.0. The Hall–Kier alpha value is -2.34. The number of nitrogens with one attached hydrogen (secondary N) is 2. The molecule has 0 saturated carbocycles. The minimum Gasteiger partial charge on any atom is -0.504 e. The maximum Gasteiger partial charge on any atom is 0.256 e. The van der Waals surface area contributed by atoms with Gasteiger partial charge in [-0.15, -0.1) is 11.3 Å². The molecule has 32 heavy (non-hydrogen) atoms. The van der Waals surface area contributed by atoms with E-state index in [-0.39, 0.29) is 51.2 Å². The number of thiophene rings is 1. The molecule has 3 rings (SSSR count). The van der Waals surface area contributed by atoms with Crippen molar-refractivity contribution in [1.82, 2.24) is 4.31 Å². The lowest BCUT2D eigenvalue weighted by atomic mass is 10.1. The highest BCUT2D eigenvalue weighted by Gasteiger charge is 2.32. The Morgan fingerprint density at radius 2 is 1.78 bits per heavy atom. The molecule has 0 atom stereocenters. The lowest BCUT2D eigenvalue weighted by Crippen LogP contribution is -2.36. The highest BCUT2D eigenvalue weighted by molar-refractivity contribution is 7.91. The van der Waals surface area contributed by atoms with Gasteiger partial charge in [-0.2, -0.15) is 4.31 Å². The summed E-state index contributed by atoms with van der Waals surface area (Å²) in [7, 11) is -3.97. The molecule has 0 fully saturated rings. The van der Waals surface area contributed by atoms with Gasteiger partial charge in [0.25, 0.3) is 20.9 Å². The maximum absolute atomic E-state index is 12.8. The van der Waals surface area contributed by atoms with Gasteiger partial charge < -0.3 is 20.2 Å². The van der Waals surface area contributed by atoms with Gasteiger partial charge in [-0.1, -0.05) is 39.3 Å². The van der Waals surface area contributed by atoms with Crippen molar-refractivity contribution in [3.63, 3.8) is 0 Å². The highest BCUT2D eigenvalue weighted by atomic mass is 35.5. The molecule has 0 aliphatic heterocycles. The third kappa shape index (κ3) is 4.29. The van der Waals surface area contributed by atoms with Gasteiger partial charge in [0.2, 0.25) is 0 Å². The van der Waals surface area contributed by atoms with E-state index >= 15 is 0 Å². The van der Waals surface area contributed by atoms with Crippen LogP contribution in [-0.4, -0.2) is 30.9 Å². The molecule has 174 valence electrons. The summed E-state index contributed by atoms with van der Waals surface area (Å²) in [6.07, 6.45) is 1.63. The van der Waals surface area contributed by atoms with Crippen LogP contribution in [0, 0.1) is 0 Å². The molecule has 0 radical (unpaired) electrons. The normalized spacial score (nSPS) is 12.2. The van der Waals surface area contributed by atoms with E-state index in [1.54, 1.807) is 20.1 Å². The molecule has 0 unspecified atom stereocenters. The Morgan fingerprint density at radius 3 is 2.34 bits per heavy atom. The average molecular weight is 502 g/mol. The van der Waals surface area contributed by atoms with Gasteiger partial charge in [0, 0.05) is 13.1 Å². The zero-order chi connectivity index (χ0) is 23.8. The number of aromatic hydroxyl groups is 1. The molecule has 0 amide bonds. The summed E-state index contributed by atoms with van der Waals surface area (Å²) in [6, 6.07) is 1.85. The van der Waals surface area contributed by atoms with Crippen LogP contribution in [0.5, 0.6) is 5.75 Å². The summed E-state index contributed by atoms with van der Waals surface area (Å²) in [4.78, 5) is 24.2. The minimum atomic E-state index is -3.97. The van der Waals surface area contributed by atoms with Crippen LogP contribution in [0.1, 0.15) is 44.9 Å². The minimum absolute atomic E-state index is 0.00677. The third-order valence-corrected chi connectivity index (χ3v) is 8.95. The predicted octanol–water partition coefficient (Wildman–Crippen LogP) is 3.81. The largest absolute Gasteiger partial charge is 0.504 e. The van der Waals surface area contributed by atoms with Crippen LogP contribution in [0.3, 0.4) is 0 Å². The van der Waals surface area contributed by atoms with Crippen LogP contribution < -0.4 is 21.5 Å². The fourth-order valence-electron chi connectivity index (χ4n) is 3.11. The Labute approximate surface area is 194 Å². The van der Waals surface area contributed by atoms with Crippen molar-refractivity contribution in [3.05, 3.63) is 48.4 Å². The number of furan rings is 1. The first-order valence-corrected chi connectivity index (χ1v) is 12.6. The van der Waals surface area contributed by atoms with E-state index < -0.39 is 26.6 Å². The van der Waals surface area contributed by atoms with Gasteiger partial charge in [0.05, 0.1) is 12.8 Å². The molecule has 0 aliphatic carbocycles. The second-order valence-electron chi connectivity index (χ2n) is 7.36. The average Bonchev–Trinajstić information content (AvgIpc) is 3.33. The summed E-state index contributed by atoms with van der Waals surface area (Å²) in [5.74, 6) is 0.261. The van der Waals surface area contributed by atoms with E-state index in [2.05, 4.69) is 10.6 Å². The van der Waals surface area contributed by atoms with Crippen molar-refractivity contribution in [2.75, 3.05) is 23.7 Å². The number of rotatable bonds is 10. The van der Waals surface area contributed by atoms with Crippen LogP contribution in [0.2, 0.25) is 4.34 Å². The molecule has 3 N–H and O–H groups in total. The molecule has 2 aromatic heterocycles. The molecular weight excluding hydrogens is 478 g/mol. The van der Waals surface area contributed by atoms with Crippen molar-refractivity contribution in [2.24, 2.45) is 0 Å². The van der Waals surface area contributed by atoms with Gasteiger partial charge in [-0.25, -0.2) is 8.42 Å². The van der Waals surface area contributed by atoms with Crippen LogP contribution in [0.25, 0.3) is 0 Å². The number of anilines is 3. The van der Waals surface area contributed by atoms with Gasteiger partial charge in [0.15, 0.2) is 9.96 Å². The maximum atomic E-state index is 12.8. The fraction of sp³-hybridized carbons (Fsp3) is 0.400. The smallest absolute Gasteiger partial charge is 0.256 e. The number of hydrogen-bond acceptors (Lipinski definition) is 9. The van der Waals surface area contributed by atoms with E-state index in [1.165, 1.54) is 4.31 Å². The Bertz CT molecular complexity index is 1300. The zero-order valence-corrected chi connectivity index (χ0v) is 20.4. The second kappa shape index (κ2) is 9.26. The highest BCUT2D eigenvalue weighted by Crippen LogP contribution is 2.47. The third-order valence-electron chi connectivity index (χ3n) is 5.03. The summed E-state index contributed by atoms with van der Waals surface area (Å²) < 4.78 is 31.8. The topological polar surface area (TPSA) is 129 Å². The summed E-state index contributed by atoms with van der Waals surface area (Å²) in [6.45, 7) is 7.99. The van der Waals surface area contributed by atoms with Gasteiger partial charge in [-0.3, -0.25) is 9.59 Å². The van der Waals surface area contributed by atoms with Crippen LogP contribution in [-0.2, 0) is 16.6 Å². The molecule has 2 heterocycles. The fourth-order valence-corrected chi connectivity index (χ4v) is 6.48. The Morgan fingerprint density at radius 1 is 1.16 bits per heavy atom. The summed E-state index contributed by atoms with van der Waals surface area (Å²) >= 11 is 6.84. The molecule has 9 nitrogen and oxygen atoms in total. The van der Waals surface area contributed by atoms with E-state index in [1.807, 2.05) is 19.9 Å². The number of hydrogen-bond donors (Lipinski definition) is 3. The molecule has 12 heteroatoms. The lowest BCUT2D eigenvalue weighted by Gasteiger charge is -2.17. The Kier molecular flexibility index (Phi) is 7.03. The van der Waals surface area contributed by atoms with Crippen molar-refractivity contribution in [2.45, 2.75) is 44.4 Å². The summed E-state index contributed by atoms with van der Waals surface area (Å²) in [5.41, 5.74) is -0.769. The molecular formula is C20H24ClN3O6S2. The molecule has 0 spiro atoms. The molecule has 0 bridgehead atoms. The first kappa shape index (κ1) is 24.3. The SMILES string of the molecule is CCN(CC)S(=O)(=O)c1sc(Cl)c(Nc2c(NCc3cc(C(C)C)co3)c(=O)c2=O)c1O. The van der Waals surface area contributed by atoms with Gasteiger partial charge in [-0.05, 0) is 17.5 Å². The number of sulfonamides is 1. The first-order chi connectivity index (χ1) is 15.0. The van der Waals surface area contributed by atoms with Gasteiger partial charge in [0.1, 0.15) is 27.2 Å². The van der Waals surface area contributed by atoms with Crippen LogP contribution in [0.15, 0.2) is 30.5 Å². The van der Waals surface area contributed by atoms with E-state index in [0.717, 1.165) is 5.56 Å². The molecule has 1 aromatic carbocycles. The molecule has 0 saturated heterocycles. The lowest BCUT2D eigenvalue weighted by molar-refractivity contribution is 0.434. The van der Waals surface area contributed by atoms with Crippen LogP contribution >= 0.6 is 22.9 Å². The van der Waals surface area contributed by atoms with Crippen molar-refractivity contribution >= 4 is 50.0 Å². The van der Waals surface area contributed by atoms with E-state index in [9.17, 15) is 23.1 Å². The molecule has 0 aliphatic rings. The monoisotopic (exact) mass is 501 g/mol. The van der Waals surface area contributed by atoms with E-state index in [4.69, 9.17) is 16.0 Å². The second-order valence-corrected chi connectivity index (χ2v) is 11.1. The number of halogens is 1. The van der Waals surface area contributed by atoms with E-state index in [0.29, 0.717) is 17.1 Å². The predicted molar refractivity (Wildman–Crippen MR) is 126 cm³/mol. The number of nitrogens with zero attached hydrogens (tertiary/aromatic N) is 1. The Balaban J connectivity index is 1.86. The van der Waals surface area contributed by atoms with Crippen molar-refractivity contribution in [1.29, 1.82) is 0 Å². The zero-order valence-electron chi connectivity index (χ0n) is 18.0. The van der Waals surface area contributed by atoms with Gasteiger partial charge >= 0.3 is 0 Å². The molecule has 3 aromatic rings.